The number of rotatable bonds is 12. The quantitative estimate of drug-likeness (QED) is 0.263. The molecule has 0 aliphatic heterocycles. The van der Waals surface area contributed by atoms with Crippen LogP contribution in [0.1, 0.15) is 18.3 Å². The SMILES string of the molecule is CCOc1ccc(NC(=O)CSc2nnc(CNC(=O)Cc3ccc(OC)cc3)n2-c2ccccc2)cc1. The Bertz CT molecular complexity index is 1340. The predicted molar refractivity (Wildman–Crippen MR) is 147 cm³/mol. The molecule has 4 aromatic rings. The van der Waals surface area contributed by atoms with Crippen molar-refractivity contribution < 1.29 is 19.1 Å². The van der Waals surface area contributed by atoms with Gasteiger partial charge in [0.15, 0.2) is 11.0 Å². The van der Waals surface area contributed by atoms with Gasteiger partial charge in [0.1, 0.15) is 11.5 Å². The van der Waals surface area contributed by atoms with Crippen LogP contribution in [-0.2, 0) is 22.6 Å². The highest BCUT2D eigenvalue weighted by Crippen LogP contribution is 2.23. The summed E-state index contributed by atoms with van der Waals surface area (Å²) in [6, 6.07) is 24.2. The summed E-state index contributed by atoms with van der Waals surface area (Å²) >= 11 is 1.27. The Morgan fingerprint density at radius 1 is 0.895 bits per heavy atom. The van der Waals surface area contributed by atoms with Crippen LogP contribution in [0, 0.1) is 0 Å². The number of methoxy groups -OCH3 is 1. The van der Waals surface area contributed by atoms with E-state index in [1.54, 1.807) is 19.2 Å². The van der Waals surface area contributed by atoms with Gasteiger partial charge in [-0.05, 0) is 61.0 Å². The monoisotopic (exact) mass is 531 g/mol. The fourth-order valence-corrected chi connectivity index (χ4v) is 4.41. The Hall–Kier alpha value is -4.31. The number of thioether (sulfide) groups is 1. The number of nitrogens with zero attached hydrogens (tertiary/aromatic N) is 3. The van der Waals surface area contributed by atoms with Crippen LogP contribution in [0.2, 0.25) is 0 Å². The summed E-state index contributed by atoms with van der Waals surface area (Å²) in [7, 11) is 1.60. The fourth-order valence-electron chi connectivity index (χ4n) is 3.64. The number of carbonyl (C=O) groups is 2. The topological polar surface area (TPSA) is 107 Å². The van der Waals surface area contributed by atoms with Crippen molar-refractivity contribution in [3.05, 3.63) is 90.3 Å². The van der Waals surface area contributed by atoms with Gasteiger partial charge in [0.05, 0.1) is 32.4 Å². The molecule has 0 fully saturated rings. The van der Waals surface area contributed by atoms with Crippen molar-refractivity contribution in [3.8, 4) is 17.2 Å². The largest absolute Gasteiger partial charge is 0.497 e. The second kappa shape index (κ2) is 13.3. The van der Waals surface area contributed by atoms with Crippen LogP contribution in [0.3, 0.4) is 0 Å². The molecule has 4 rings (SSSR count). The van der Waals surface area contributed by atoms with Gasteiger partial charge in [-0.2, -0.15) is 0 Å². The van der Waals surface area contributed by atoms with Crippen molar-refractivity contribution in [2.24, 2.45) is 0 Å². The minimum absolute atomic E-state index is 0.137. The number of carbonyl (C=O) groups excluding carboxylic acids is 2. The molecule has 1 aromatic heterocycles. The Morgan fingerprint density at radius 3 is 2.29 bits per heavy atom. The molecule has 0 aliphatic rings. The Balaban J connectivity index is 1.39. The van der Waals surface area contributed by atoms with E-state index in [0.29, 0.717) is 23.3 Å². The van der Waals surface area contributed by atoms with E-state index in [4.69, 9.17) is 9.47 Å². The minimum atomic E-state index is -0.170. The normalized spacial score (nSPS) is 10.6. The molecule has 9 nitrogen and oxygen atoms in total. The average Bonchev–Trinajstić information content (AvgIpc) is 3.36. The standard InChI is InChI=1S/C28H29N5O4S/c1-3-37-24-15-11-21(12-16-24)30-27(35)19-38-28-32-31-25(33(28)22-7-5-4-6-8-22)18-29-26(34)17-20-9-13-23(36-2)14-10-20/h4-16H,3,17-19H2,1-2H3,(H,29,34)(H,30,35). The molecule has 0 aliphatic carbocycles. The molecular weight excluding hydrogens is 502 g/mol. The number of hydrogen-bond donors (Lipinski definition) is 2. The van der Waals surface area contributed by atoms with E-state index in [1.807, 2.05) is 78.2 Å². The van der Waals surface area contributed by atoms with Gasteiger partial charge in [-0.15, -0.1) is 10.2 Å². The lowest BCUT2D eigenvalue weighted by Gasteiger charge is -2.11. The van der Waals surface area contributed by atoms with Crippen LogP contribution in [-0.4, -0.2) is 46.0 Å². The van der Waals surface area contributed by atoms with Crippen LogP contribution in [0.5, 0.6) is 11.5 Å². The van der Waals surface area contributed by atoms with Gasteiger partial charge in [-0.3, -0.25) is 14.2 Å². The highest BCUT2D eigenvalue weighted by molar-refractivity contribution is 7.99. The first-order valence-corrected chi connectivity index (χ1v) is 13.1. The van der Waals surface area contributed by atoms with Crippen LogP contribution in [0.4, 0.5) is 5.69 Å². The maximum absolute atomic E-state index is 12.6. The second-order valence-electron chi connectivity index (χ2n) is 8.17. The van der Waals surface area contributed by atoms with E-state index in [0.717, 1.165) is 22.7 Å². The summed E-state index contributed by atoms with van der Waals surface area (Å²) in [5, 5.41) is 14.9. The molecule has 10 heteroatoms. The van der Waals surface area contributed by atoms with Crippen molar-refractivity contribution in [3.63, 3.8) is 0 Å². The number of benzene rings is 3. The maximum Gasteiger partial charge on any atom is 0.234 e. The van der Waals surface area contributed by atoms with E-state index in [2.05, 4.69) is 20.8 Å². The van der Waals surface area contributed by atoms with Gasteiger partial charge in [-0.1, -0.05) is 42.1 Å². The molecule has 0 radical (unpaired) electrons. The third-order valence-electron chi connectivity index (χ3n) is 5.46. The van der Waals surface area contributed by atoms with Gasteiger partial charge < -0.3 is 20.1 Å². The molecule has 0 unspecified atom stereocenters. The first kappa shape index (κ1) is 26.7. The molecule has 2 amide bonds. The second-order valence-corrected chi connectivity index (χ2v) is 9.11. The Kier molecular flexibility index (Phi) is 9.36. The fraction of sp³-hybridized carbons (Fsp3) is 0.214. The summed E-state index contributed by atoms with van der Waals surface area (Å²) < 4.78 is 12.4. The highest BCUT2D eigenvalue weighted by Gasteiger charge is 2.17. The zero-order chi connectivity index (χ0) is 26.7. The summed E-state index contributed by atoms with van der Waals surface area (Å²) in [4.78, 5) is 25.2. The number of nitrogens with one attached hydrogen (secondary N) is 2. The van der Waals surface area contributed by atoms with E-state index < -0.39 is 0 Å². The smallest absolute Gasteiger partial charge is 0.234 e. The third kappa shape index (κ3) is 7.36. The molecule has 1 heterocycles. The summed E-state index contributed by atoms with van der Waals surface area (Å²) in [5.41, 5.74) is 2.40. The average molecular weight is 532 g/mol. The van der Waals surface area contributed by atoms with Crippen LogP contribution >= 0.6 is 11.8 Å². The molecule has 38 heavy (non-hydrogen) atoms. The number of ether oxygens (including phenoxy) is 2. The van der Waals surface area contributed by atoms with E-state index >= 15 is 0 Å². The zero-order valence-corrected chi connectivity index (χ0v) is 22.0. The number of aromatic nitrogens is 3. The van der Waals surface area contributed by atoms with Crippen molar-refractivity contribution >= 4 is 29.3 Å². The molecule has 0 saturated carbocycles. The molecule has 2 N–H and O–H groups in total. The zero-order valence-electron chi connectivity index (χ0n) is 21.2. The van der Waals surface area contributed by atoms with Gasteiger partial charge in [-0.25, -0.2) is 0 Å². The summed E-state index contributed by atoms with van der Waals surface area (Å²) in [6.07, 6.45) is 0.233. The predicted octanol–water partition coefficient (Wildman–Crippen LogP) is 4.26. The number of amides is 2. The van der Waals surface area contributed by atoms with E-state index in [1.165, 1.54) is 11.8 Å². The van der Waals surface area contributed by atoms with Crippen LogP contribution in [0.25, 0.3) is 5.69 Å². The van der Waals surface area contributed by atoms with Crippen molar-refractivity contribution in [1.29, 1.82) is 0 Å². The van der Waals surface area contributed by atoms with Gasteiger partial charge in [0.2, 0.25) is 11.8 Å². The van der Waals surface area contributed by atoms with Crippen LogP contribution < -0.4 is 20.1 Å². The van der Waals surface area contributed by atoms with Gasteiger partial charge >= 0.3 is 0 Å². The minimum Gasteiger partial charge on any atom is -0.497 e. The van der Waals surface area contributed by atoms with E-state index in [-0.39, 0.29) is 30.5 Å². The molecule has 196 valence electrons. The molecule has 0 atom stereocenters. The van der Waals surface area contributed by atoms with Crippen molar-refractivity contribution in [2.45, 2.75) is 25.0 Å². The Labute approximate surface area is 225 Å². The number of para-hydroxylation sites is 1. The first-order valence-electron chi connectivity index (χ1n) is 12.1. The van der Waals surface area contributed by atoms with Crippen molar-refractivity contribution in [1.82, 2.24) is 20.1 Å². The van der Waals surface area contributed by atoms with Crippen molar-refractivity contribution in [2.75, 3.05) is 24.8 Å². The Morgan fingerprint density at radius 2 is 1.61 bits per heavy atom. The molecular formula is C28H29N5O4S. The molecule has 0 spiro atoms. The lowest BCUT2D eigenvalue weighted by Crippen LogP contribution is -2.26. The maximum atomic E-state index is 12.6. The number of anilines is 1. The lowest BCUT2D eigenvalue weighted by atomic mass is 10.1. The van der Waals surface area contributed by atoms with E-state index in [9.17, 15) is 9.59 Å². The van der Waals surface area contributed by atoms with Gasteiger partial charge in [0, 0.05) is 11.4 Å². The summed E-state index contributed by atoms with van der Waals surface area (Å²) in [5.74, 6) is 1.89. The number of hydrogen-bond acceptors (Lipinski definition) is 7. The highest BCUT2D eigenvalue weighted by atomic mass is 32.2. The molecule has 0 saturated heterocycles. The summed E-state index contributed by atoms with van der Waals surface area (Å²) in [6.45, 7) is 2.69. The van der Waals surface area contributed by atoms with Crippen LogP contribution in [0.15, 0.2) is 84.0 Å². The third-order valence-corrected chi connectivity index (χ3v) is 6.39. The van der Waals surface area contributed by atoms with Gasteiger partial charge in [0.25, 0.3) is 0 Å². The molecule has 3 aromatic carbocycles. The first-order chi connectivity index (χ1) is 18.6. The lowest BCUT2D eigenvalue weighted by molar-refractivity contribution is -0.120. The molecule has 0 bridgehead atoms.